The van der Waals surface area contributed by atoms with Gasteiger partial charge >= 0.3 is 0 Å². The molecule has 2 rings (SSSR count). The molecule has 2 unspecified atom stereocenters. The number of nitrogens with one attached hydrogen (secondary N) is 2. The summed E-state index contributed by atoms with van der Waals surface area (Å²) < 4.78 is 26.6. The fourth-order valence-corrected chi connectivity index (χ4v) is 2.92. The Kier molecular flexibility index (Phi) is 5.53. The van der Waals surface area contributed by atoms with E-state index in [4.69, 9.17) is 11.6 Å². The van der Waals surface area contributed by atoms with E-state index >= 15 is 0 Å². The molecule has 1 aliphatic rings. The topological polar surface area (TPSA) is 41.1 Å². The molecule has 0 saturated carbocycles. The molecule has 21 heavy (non-hydrogen) atoms. The predicted octanol–water partition coefficient (Wildman–Crippen LogP) is 3.58. The highest BCUT2D eigenvalue weighted by Gasteiger charge is 2.23. The molecule has 1 fully saturated rings. The van der Waals surface area contributed by atoms with E-state index in [9.17, 15) is 13.6 Å². The lowest BCUT2D eigenvalue weighted by molar-refractivity contribution is -0.117. The van der Waals surface area contributed by atoms with E-state index in [0.29, 0.717) is 18.4 Å². The van der Waals surface area contributed by atoms with Crippen molar-refractivity contribution in [3.05, 3.63) is 28.8 Å². The summed E-state index contributed by atoms with van der Waals surface area (Å²) in [5.74, 6) is -1.30. The average Bonchev–Trinajstić information content (AvgIpc) is 2.43. The Morgan fingerprint density at radius 1 is 1.52 bits per heavy atom. The third-order valence-corrected chi connectivity index (χ3v) is 4.22. The lowest BCUT2D eigenvalue weighted by Crippen LogP contribution is -2.34. The molecule has 1 saturated heterocycles. The molecule has 2 N–H and O–H groups in total. The van der Waals surface area contributed by atoms with Crippen LogP contribution in [0.1, 0.15) is 26.2 Å². The highest BCUT2D eigenvalue weighted by molar-refractivity contribution is 6.33. The van der Waals surface area contributed by atoms with Gasteiger partial charge in [-0.2, -0.15) is 0 Å². The first-order chi connectivity index (χ1) is 9.97. The van der Waals surface area contributed by atoms with Gasteiger partial charge in [-0.3, -0.25) is 4.79 Å². The third kappa shape index (κ3) is 4.38. The smallest absolute Gasteiger partial charge is 0.224 e. The summed E-state index contributed by atoms with van der Waals surface area (Å²) in [4.78, 5) is 12.0. The summed E-state index contributed by atoms with van der Waals surface area (Å²) >= 11 is 5.76. The first-order valence-corrected chi connectivity index (χ1v) is 7.50. The number of amides is 1. The lowest BCUT2D eigenvalue weighted by Gasteiger charge is -2.28. The largest absolute Gasteiger partial charge is 0.322 e. The summed E-state index contributed by atoms with van der Waals surface area (Å²) in [6.07, 6.45) is 2.49. The molecule has 0 aromatic heterocycles. The van der Waals surface area contributed by atoms with Crippen LogP contribution < -0.4 is 10.6 Å². The first kappa shape index (κ1) is 16.2. The summed E-state index contributed by atoms with van der Waals surface area (Å²) in [6, 6.07) is 1.69. The molecule has 0 spiro atoms. The highest BCUT2D eigenvalue weighted by Crippen LogP contribution is 2.28. The fraction of sp³-hybridized carbons (Fsp3) is 0.533. The summed E-state index contributed by atoms with van der Waals surface area (Å²) in [5, 5.41) is 5.62. The van der Waals surface area contributed by atoms with Crippen molar-refractivity contribution in [1.29, 1.82) is 0 Å². The van der Waals surface area contributed by atoms with Crippen LogP contribution in [-0.2, 0) is 4.79 Å². The van der Waals surface area contributed by atoms with Crippen molar-refractivity contribution in [3.8, 4) is 0 Å². The second-order valence-electron chi connectivity index (χ2n) is 5.58. The Labute approximate surface area is 128 Å². The van der Waals surface area contributed by atoms with Gasteiger partial charge in [0.05, 0.1) is 10.7 Å². The number of hydrogen-bond donors (Lipinski definition) is 2. The van der Waals surface area contributed by atoms with Crippen LogP contribution in [0.2, 0.25) is 5.02 Å². The number of carbonyl (C=O) groups is 1. The Bertz CT molecular complexity index is 495. The minimum Gasteiger partial charge on any atom is -0.322 e. The molecule has 1 aromatic carbocycles. The van der Waals surface area contributed by atoms with E-state index in [1.54, 1.807) is 0 Å². The van der Waals surface area contributed by atoms with E-state index in [2.05, 4.69) is 10.6 Å². The van der Waals surface area contributed by atoms with Crippen molar-refractivity contribution in [2.75, 3.05) is 18.4 Å². The maximum absolute atomic E-state index is 13.6. The number of piperidine rings is 1. The number of anilines is 1. The van der Waals surface area contributed by atoms with Gasteiger partial charge in [0.15, 0.2) is 5.82 Å². The minimum atomic E-state index is -0.861. The predicted molar refractivity (Wildman–Crippen MR) is 79.4 cm³/mol. The van der Waals surface area contributed by atoms with Crippen LogP contribution >= 0.6 is 11.6 Å². The lowest BCUT2D eigenvalue weighted by atomic mass is 9.85. The van der Waals surface area contributed by atoms with Crippen molar-refractivity contribution < 1.29 is 13.6 Å². The zero-order valence-corrected chi connectivity index (χ0v) is 12.6. The molecule has 1 aromatic rings. The third-order valence-electron chi connectivity index (χ3n) is 3.92. The van der Waals surface area contributed by atoms with Gasteiger partial charge < -0.3 is 10.6 Å². The molecule has 1 heterocycles. The maximum atomic E-state index is 13.6. The average molecular weight is 317 g/mol. The Morgan fingerprint density at radius 3 is 2.90 bits per heavy atom. The van der Waals surface area contributed by atoms with Crippen molar-refractivity contribution in [1.82, 2.24) is 5.32 Å². The van der Waals surface area contributed by atoms with E-state index in [-0.39, 0.29) is 22.5 Å². The van der Waals surface area contributed by atoms with Crippen LogP contribution in [0.3, 0.4) is 0 Å². The molecule has 0 aliphatic carbocycles. The SMILES string of the molecule is CC(CC(=O)Nc1c(F)cc(F)cc1Cl)C1CCCNC1. The van der Waals surface area contributed by atoms with Crippen LogP contribution in [0.5, 0.6) is 0 Å². The molecule has 0 radical (unpaired) electrons. The molecular weight excluding hydrogens is 298 g/mol. The van der Waals surface area contributed by atoms with Gasteiger partial charge in [0, 0.05) is 12.5 Å². The van der Waals surface area contributed by atoms with Crippen LogP contribution in [0, 0.1) is 23.5 Å². The van der Waals surface area contributed by atoms with E-state index in [1.807, 2.05) is 6.92 Å². The quantitative estimate of drug-likeness (QED) is 0.891. The standard InChI is InChI=1S/C15H19ClF2N2O/c1-9(10-3-2-4-19-8-10)5-14(21)20-15-12(16)6-11(17)7-13(15)18/h6-7,9-10,19H,2-5,8H2,1H3,(H,20,21). The van der Waals surface area contributed by atoms with Gasteiger partial charge in [-0.25, -0.2) is 8.78 Å². The molecule has 3 nitrogen and oxygen atoms in total. The highest BCUT2D eigenvalue weighted by atomic mass is 35.5. The van der Waals surface area contributed by atoms with Crippen LogP contribution in [0.15, 0.2) is 12.1 Å². The zero-order valence-electron chi connectivity index (χ0n) is 11.9. The number of rotatable bonds is 4. The Hall–Kier alpha value is -1.20. The molecule has 0 bridgehead atoms. The molecule has 2 atom stereocenters. The van der Waals surface area contributed by atoms with Gasteiger partial charge in [0.25, 0.3) is 0 Å². The summed E-state index contributed by atoms with van der Waals surface area (Å²) in [6.45, 7) is 3.94. The normalized spacial score (nSPS) is 20.1. The Balaban J connectivity index is 1.95. The van der Waals surface area contributed by atoms with Gasteiger partial charge in [-0.1, -0.05) is 18.5 Å². The van der Waals surface area contributed by atoms with Gasteiger partial charge in [0.2, 0.25) is 5.91 Å². The minimum absolute atomic E-state index is 0.132. The van der Waals surface area contributed by atoms with E-state index in [1.165, 1.54) is 0 Å². The second kappa shape index (κ2) is 7.18. The molecular formula is C15H19ClF2N2O. The van der Waals surface area contributed by atoms with Crippen LogP contribution in [0.4, 0.5) is 14.5 Å². The van der Waals surface area contributed by atoms with Gasteiger partial charge in [0.1, 0.15) is 5.82 Å². The first-order valence-electron chi connectivity index (χ1n) is 7.12. The maximum Gasteiger partial charge on any atom is 0.224 e. The van der Waals surface area contributed by atoms with Crippen molar-refractivity contribution >= 4 is 23.2 Å². The van der Waals surface area contributed by atoms with Crippen LogP contribution in [0.25, 0.3) is 0 Å². The van der Waals surface area contributed by atoms with Gasteiger partial charge in [-0.15, -0.1) is 0 Å². The van der Waals surface area contributed by atoms with Crippen LogP contribution in [-0.4, -0.2) is 19.0 Å². The second-order valence-corrected chi connectivity index (χ2v) is 5.99. The number of hydrogen-bond acceptors (Lipinski definition) is 2. The monoisotopic (exact) mass is 316 g/mol. The number of halogens is 3. The van der Waals surface area contributed by atoms with Crippen molar-refractivity contribution in [3.63, 3.8) is 0 Å². The molecule has 6 heteroatoms. The van der Waals surface area contributed by atoms with Gasteiger partial charge in [-0.05, 0) is 43.8 Å². The van der Waals surface area contributed by atoms with E-state index < -0.39 is 11.6 Å². The Morgan fingerprint density at radius 2 is 2.29 bits per heavy atom. The zero-order chi connectivity index (χ0) is 15.4. The van der Waals surface area contributed by atoms with Crippen molar-refractivity contribution in [2.24, 2.45) is 11.8 Å². The number of benzene rings is 1. The summed E-state index contributed by atoms with van der Waals surface area (Å²) in [7, 11) is 0. The summed E-state index contributed by atoms with van der Waals surface area (Å²) in [5.41, 5.74) is -0.156. The van der Waals surface area contributed by atoms with E-state index in [0.717, 1.165) is 32.0 Å². The fourth-order valence-electron chi connectivity index (χ4n) is 2.68. The van der Waals surface area contributed by atoms with Crippen molar-refractivity contribution in [2.45, 2.75) is 26.2 Å². The number of carbonyl (C=O) groups excluding carboxylic acids is 1. The molecule has 1 amide bonds. The molecule has 116 valence electrons. The molecule has 1 aliphatic heterocycles.